The van der Waals surface area contributed by atoms with E-state index in [4.69, 9.17) is 9.47 Å². The van der Waals surface area contributed by atoms with Crippen molar-refractivity contribution in [3.8, 4) is 0 Å². The van der Waals surface area contributed by atoms with Gasteiger partial charge in [0.1, 0.15) is 22.9 Å². The van der Waals surface area contributed by atoms with Crippen molar-refractivity contribution in [1.29, 1.82) is 0 Å². The van der Waals surface area contributed by atoms with Gasteiger partial charge in [0.15, 0.2) is 5.65 Å². The molecule has 2 aliphatic rings. The molecule has 0 aliphatic heterocycles. The molecule has 5 rings (SSSR count). The number of methoxy groups -OCH3 is 2. The summed E-state index contributed by atoms with van der Waals surface area (Å²) in [4.78, 5) is 30.7. The molecule has 0 aromatic carbocycles. The monoisotopic (exact) mass is 467 g/mol. The highest BCUT2D eigenvalue weighted by atomic mass is 16.5. The minimum Gasteiger partial charge on any atom is -0.381 e. The second kappa shape index (κ2) is 9.07. The van der Waals surface area contributed by atoms with E-state index in [1.54, 1.807) is 48.7 Å². The number of hydrogen-bond donors (Lipinski definition) is 3. The number of aromatic nitrogens is 4. The average molecular weight is 468 g/mol. The van der Waals surface area contributed by atoms with Gasteiger partial charge in [-0.1, -0.05) is 0 Å². The van der Waals surface area contributed by atoms with Gasteiger partial charge in [0.2, 0.25) is 0 Å². The Morgan fingerprint density at radius 2 is 2.03 bits per heavy atom. The number of rotatable bonds is 8. The Morgan fingerprint density at radius 1 is 1.21 bits per heavy atom. The molecule has 0 bridgehead atoms. The Balaban J connectivity index is 1.43. The second-order valence-electron chi connectivity index (χ2n) is 8.74. The van der Waals surface area contributed by atoms with Gasteiger partial charge in [-0.15, -0.1) is 0 Å². The molecule has 3 aromatic rings. The first-order valence-electron chi connectivity index (χ1n) is 11.4. The van der Waals surface area contributed by atoms with E-state index < -0.39 is 0 Å². The lowest BCUT2D eigenvalue weighted by Crippen LogP contribution is -2.51. The fourth-order valence-electron chi connectivity index (χ4n) is 4.52. The van der Waals surface area contributed by atoms with Gasteiger partial charge in [-0.05, 0) is 37.8 Å². The largest absolute Gasteiger partial charge is 0.381 e. The van der Waals surface area contributed by atoms with Gasteiger partial charge in [-0.25, -0.2) is 4.98 Å². The molecule has 2 aliphatic carbocycles. The van der Waals surface area contributed by atoms with Crippen LogP contribution >= 0.6 is 0 Å². The Labute approximate surface area is 196 Å². The third kappa shape index (κ3) is 3.90. The van der Waals surface area contributed by atoms with E-state index in [1.165, 1.54) is 6.20 Å². The topological polar surface area (TPSA) is 124 Å². The first kappa shape index (κ1) is 22.4. The van der Waals surface area contributed by atoms with Gasteiger partial charge in [0, 0.05) is 39.6 Å². The molecule has 11 heteroatoms. The van der Waals surface area contributed by atoms with Crippen molar-refractivity contribution < 1.29 is 14.3 Å². The van der Waals surface area contributed by atoms with Crippen LogP contribution in [0.15, 0.2) is 35.4 Å². The van der Waals surface area contributed by atoms with Crippen molar-refractivity contribution in [3.63, 3.8) is 0 Å². The van der Waals surface area contributed by atoms with E-state index in [-0.39, 0.29) is 35.8 Å². The molecule has 11 nitrogen and oxygen atoms in total. The molecule has 0 unspecified atom stereocenters. The highest BCUT2D eigenvalue weighted by Crippen LogP contribution is 2.33. The molecule has 0 radical (unpaired) electrons. The highest BCUT2D eigenvalue weighted by molar-refractivity contribution is 6.00. The first-order chi connectivity index (χ1) is 16.5. The summed E-state index contributed by atoms with van der Waals surface area (Å²) >= 11 is 0. The number of hydrogen-bond acceptors (Lipinski definition) is 8. The van der Waals surface area contributed by atoms with Crippen LogP contribution in [0, 0.1) is 0 Å². The summed E-state index contributed by atoms with van der Waals surface area (Å²) in [5.41, 5.74) is 1.02. The maximum absolute atomic E-state index is 13.1. The van der Waals surface area contributed by atoms with Crippen LogP contribution in [0.1, 0.15) is 42.1 Å². The molecule has 2 saturated carbocycles. The number of ether oxygens (including phenoxy) is 2. The summed E-state index contributed by atoms with van der Waals surface area (Å²) in [5, 5.41) is 13.5. The summed E-state index contributed by atoms with van der Waals surface area (Å²) in [6, 6.07) is 5.40. The molecule has 1 amide bonds. The summed E-state index contributed by atoms with van der Waals surface area (Å²) in [7, 11) is 5.10. The van der Waals surface area contributed by atoms with Crippen molar-refractivity contribution in [2.75, 3.05) is 31.9 Å². The van der Waals surface area contributed by atoms with Crippen molar-refractivity contribution in [2.45, 2.75) is 50.0 Å². The lowest BCUT2D eigenvalue weighted by Gasteiger charge is -2.35. The van der Waals surface area contributed by atoms with E-state index in [0.717, 1.165) is 25.7 Å². The van der Waals surface area contributed by atoms with E-state index in [2.05, 4.69) is 26.0 Å². The van der Waals surface area contributed by atoms with E-state index in [9.17, 15) is 9.59 Å². The van der Waals surface area contributed by atoms with Crippen molar-refractivity contribution in [2.24, 2.45) is 0 Å². The number of nitrogens with one attached hydrogen (secondary N) is 3. The van der Waals surface area contributed by atoms with Crippen LogP contribution in [0.2, 0.25) is 0 Å². The van der Waals surface area contributed by atoms with Gasteiger partial charge in [0.05, 0.1) is 24.4 Å². The minimum absolute atomic E-state index is 0.0236. The fraction of sp³-hybridized carbons (Fsp3) is 0.478. The Hall–Kier alpha value is -3.44. The van der Waals surface area contributed by atoms with Crippen molar-refractivity contribution in [3.05, 3.63) is 46.5 Å². The molecular formula is C23H29N7O4. The number of fused-ring (bicyclic) bond motifs is 1. The van der Waals surface area contributed by atoms with E-state index in [1.807, 2.05) is 6.07 Å². The van der Waals surface area contributed by atoms with Crippen LogP contribution in [-0.2, 0) is 9.47 Å². The number of amides is 1. The number of pyridine rings is 1. The zero-order valence-corrected chi connectivity index (χ0v) is 19.4. The number of carbonyl (C=O) groups is 1. The predicted octanol–water partition coefficient (Wildman–Crippen LogP) is 1.93. The van der Waals surface area contributed by atoms with Crippen LogP contribution < -0.4 is 21.5 Å². The lowest BCUT2D eigenvalue weighted by atomic mass is 9.89. The number of nitrogens with zero attached hydrogens (tertiary/aromatic N) is 4. The third-order valence-electron chi connectivity index (χ3n) is 6.84. The minimum atomic E-state index is -0.256. The molecule has 0 spiro atoms. The second-order valence-corrected chi connectivity index (χ2v) is 8.74. The van der Waals surface area contributed by atoms with Crippen LogP contribution in [0.4, 0.5) is 17.3 Å². The summed E-state index contributed by atoms with van der Waals surface area (Å²) < 4.78 is 14.0. The van der Waals surface area contributed by atoms with Gasteiger partial charge >= 0.3 is 0 Å². The lowest BCUT2D eigenvalue weighted by molar-refractivity contribution is 0.00522. The first-order valence-corrected chi connectivity index (χ1v) is 11.4. The van der Waals surface area contributed by atoms with Crippen molar-refractivity contribution in [1.82, 2.24) is 24.5 Å². The zero-order valence-electron chi connectivity index (χ0n) is 19.4. The average Bonchev–Trinajstić information content (AvgIpc) is 3.22. The maximum Gasteiger partial charge on any atom is 0.274 e. The Bertz CT molecular complexity index is 1260. The van der Waals surface area contributed by atoms with E-state index >= 15 is 0 Å². The normalized spacial score (nSPS) is 23.7. The molecule has 180 valence electrons. The molecule has 3 heterocycles. The van der Waals surface area contributed by atoms with Crippen LogP contribution in [-0.4, -0.2) is 64.6 Å². The van der Waals surface area contributed by atoms with Gasteiger partial charge in [0.25, 0.3) is 11.5 Å². The van der Waals surface area contributed by atoms with Crippen LogP contribution in [0.3, 0.4) is 0 Å². The van der Waals surface area contributed by atoms with E-state index in [0.29, 0.717) is 28.5 Å². The molecular weight excluding hydrogens is 438 g/mol. The van der Waals surface area contributed by atoms with Gasteiger partial charge < -0.3 is 30.0 Å². The molecule has 2 atom stereocenters. The number of carbonyl (C=O) groups excluding carboxylic acids is 1. The van der Waals surface area contributed by atoms with Gasteiger partial charge in [-0.2, -0.15) is 9.61 Å². The molecule has 3 N–H and O–H groups in total. The fourth-order valence-corrected chi connectivity index (χ4v) is 4.52. The van der Waals surface area contributed by atoms with Gasteiger partial charge in [-0.3, -0.25) is 9.59 Å². The summed E-state index contributed by atoms with van der Waals surface area (Å²) in [6.45, 7) is 0. The Kier molecular flexibility index (Phi) is 5.96. The molecule has 0 saturated heterocycles. The zero-order chi connectivity index (χ0) is 23.8. The van der Waals surface area contributed by atoms with Crippen LogP contribution in [0.5, 0.6) is 0 Å². The summed E-state index contributed by atoms with van der Waals surface area (Å²) in [5.74, 6) is 0.805. The highest BCUT2D eigenvalue weighted by Gasteiger charge is 2.33. The smallest absolute Gasteiger partial charge is 0.274 e. The standard InChI is InChI=1S/C23H29N7O4/c1-24-20-11-19(26-17-5-4-8-29(23(17)32)13-9-14(10-13)33-2)28-21-15(12-25-30(20)21)22(31)27-16-6-7-18(16)34-3/h4-5,8,11-14,16,18,24H,6-7,9-10H2,1-3H3,(H,26,28)(H,27,31)/t13?,14?,16-,18-/m1/s1. The predicted molar refractivity (Wildman–Crippen MR) is 127 cm³/mol. The SMILES string of the molecule is CNc1cc(Nc2cccn(C3CC(OC)C3)c2=O)nc2c(C(=O)N[C@@H]3CC[C@H]3OC)cnn12. The maximum atomic E-state index is 13.1. The van der Waals surface area contributed by atoms with Crippen LogP contribution in [0.25, 0.3) is 5.65 Å². The molecule has 3 aromatic heterocycles. The quantitative estimate of drug-likeness (QED) is 0.459. The number of anilines is 3. The Morgan fingerprint density at radius 3 is 2.71 bits per heavy atom. The molecule has 2 fully saturated rings. The van der Waals surface area contributed by atoms with Crippen molar-refractivity contribution >= 4 is 28.9 Å². The molecule has 34 heavy (non-hydrogen) atoms. The third-order valence-corrected chi connectivity index (χ3v) is 6.84. The summed E-state index contributed by atoms with van der Waals surface area (Å²) in [6.07, 6.45) is 6.94.